The van der Waals surface area contributed by atoms with Crippen molar-refractivity contribution in [2.75, 3.05) is 6.61 Å². The summed E-state index contributed by atoms with van der Waals surface area (Å²) in [5, 5.41) is 0. The van der Waals surface area contributed by atoms with Gasteiger partial charge in [0.2, 0.25) is 0 Å². The van der Waals surface area contributed by atoms with Crippen LogP contribution in [0.2, 0.25) is 0 Å². The molecule has 2 aliphatic rings. The number of hydrogen-bond donors (Lipinski definition) is 0. The molecule has 15 heavy (non-hydrogen) atoms. The number of ether oxygens (including phenoxy) is 1. The Kier molecular flexibility index (Phi) is 2.14. The Labute approximate surface area is 90.8 Å². The average Bonchev–Trinajstić information content (AvgIpc) is 2.87. The van der Waals surface area contributed by atoms with Crippen molar-refractivity contribution < 1.29 is 4.74 Å². The Hall–Kier alpha value is -1.08. The van der Waals surface area contributed by atoms with Crippen LogP contribution in [0.5, 0.6) is 0 Å². The highest BCUT2D eigenvalue weighted by Crippen LogP contribution is 2.40. The molecular weight excluding hydrogens is 184 g/mol. The molecule has 0 saturated carbocycles. The van der Waals surface area contributed by atoms with E-state index in [0.717, 1.165) is 6.61 Å². The van der Waals surface area contributed by atoms with Crippen LogP contribution in [-0.2, 0) is 4.74 Å². The molecule has 1 heteroatoms. The summed E-state index contributed by atoms with van der Waals surface area (Å²) in [6, 6.07) is 8.71. The van der Waals surface area contributed by atoms with Crippen LogP contribution in [-0.4, -0.2) is 12.7 Å². The van der Waals surface area contributed by atoms with Gasteiger partial charge in [0.05, 0.1) is 6.10 Å². The molecule has 1 nitrogen and oxygen atoms in total. The molecule has 2 unspecified atom stereocenters. The fraction of sp³-hybridized carbons (Fsp3) is 0.429. The van der Waals surface area contributed by atoms with Crippen molar-refractivity contribution >= 4 is 5.57 Å². The molecule has 1 aromatic rings. The van der Waals surface area contributed by atoms with Gasteiger partial charge in [0, 0.05) is 12.5 Å². The summed E-state index contributed by atoms with van der Waals surface area (Å²) in [6.45, 7) is 3.14. The van der Waals surface area contributed by atoms with Gasteiger partial charge in [-0.3, -0.25) is 0 Å². The number of fused-ring (bicyclic) bond motifs is 1. The summed E-state index contributed by atoms with van der Waals surface area (Å²) in [6.07, 6.45) is 5.23. The van der Waals surface area contributed by atoms with Crippen LogP contribution in [0.3, 0.4) is 0 Å². The summed E-state index contributed by atoms with van der Waals surface area (Å²) < 4.78 is 5.80. The smallest absolute Gasteiger partial charge is 0.0679 e. The minimum atomic E-state index is 0.420. The second-order valence-corrected chi connectivity index (χ2v) is 4.51. The van der Waals surface area contributed by atoms with Gasteiger partial charge in [-0.1, -0.05) is 30.3 Å². The van der Waals surface area contributed by atoms with Gasteiger partial charge in [0.15, 0.2) is 0 Å². The van der Waals surface area contributed by atoms with Crippen molar-refractivity contribution in [1.29, 1.82) is 0 Å². The molecule has 3 rings (SSSR count). The van der Waals surface area contributed by atoms with Crippen LogP contribution in [0, 0.1) is 0 Å². The third kappa shape index (κ3) is 1.42. The number of allylic oxidation sites excluding steroid dienone is 1. The van der Waals surface area contributed by atoms with E-state index in [1.165, 1.54) is 29.5 Å². The highest BCUT2D eigenvalue weighted by atomic mass is 16.5. The third-order valence-corrected chi connectivity index (χ3v) is 3.54. The molecule has 1 saturated heterocycles. The fourth-order valence-corrected chi connectivity index (χ4v) is 2.79. The summed E-state index contributed by atoms with van der Waals surface area (Å²) >= 11 is 0. The van der Waals surface area contributed by atoms with Gasteiger partial charge in [0.1, 0.15) is 0 Å². The second kappa shape index (κ2) is 3.49. The van der Waals surface area contributed by atoms with Gasteiger partial charge >= 0.3 is 0 Å². The van der Waals surface area contributed by atoms with Crippen LogP contribution in [0.1, 0.15) is 36.8 Å². The van der Waals surface area contributed by atoms with E-state index in [2.05, 4.69) is 37.3 Å². The van der Waals surface area contributed by atoms with E-state index in [1.807, 2.05) is 0 Å². The lowest BCUT2D eigenvalue weighted by Crippen LogP contribution is -2.14. The molecule has 1 aliphatic heterocycles. The van der Waals surface area contributed by atoms with Crippen LogP contribution in [0.15, 0.2) is 30.3 Å². The largest absolute Gasteiger partial charge is 0.377 e. The van der Waals surface area contributed by atoms with E-state index < -0.39 is 0 Å². The lowest BCUT2D eigenvalue weighted by Gasteiger charge is -2.17. The maximum atomic E-state index is 5.80. The van der Waals surface area contributed by atoms with E-state index in [4.69, 9.17) is 4.74 Å². The normalized spacial score (nSPS) is 29.0. The summed E-state index contributed by atoms with van der Waals surface area (Å²) in [5.74, 6) is 0.503. The minimum Gasteiger partial charge on any atom is -0.377 e. The lowest BCUT2D eigenvalue weighted by molar-refractivity contribution is 0.101. The van der Waals surface area contributed by atoms with Gasteiger partial charge in [-0.25, -0.2) is 0 Å². The van der Waals surface area contributed by atoms with Crippen LogP contribution >= 0.6 is 0 Å². The number of benzene rings is 1. The van der Waals surface area contributed by atoms with E-state index >= 15 is 0 Å². The van der Waals surface area contributed by atoms with Gasteiger partial charge in [-0.05, 0) is 36.5 Å². The minimum absolute atomic E-state index is 0.420. The first-order valence-electron chi connectivity index (χ1n) is 5.75. The van der Waals surface area contributed by atoms with E-state index in [1.54, 1.807) is 0 Å². The van der Waals surface area contributed by atoms with Crippen molar-refractivity contribution in [3.05, 3.63) is 41.5 Å². The Balaban J connectivity index is 1.99. The topological polar surface area (TPSA) is 9.23 Å². The summed E-state index contributed by atoms with van der Waals surface area (Å²) in [4.78, 5) is 0. The predicted octanol–water partition coefficient (Wildman–Crippen LogP) is 3.37. The van der Waals surface area contributed by atoms with Crippen LogP contribution in [0.25, 0.3) is 5.57 Å². The monoisotopic (exact) mass is 200 g/mol. The third-order valence-electron chi connectivity index (χ3n) is 3.54. The highest BCUT2D eigenvalue weighted by molar-refractivity contribution is 5.73. The Bertz CT molecular complexity index is 400. The summed E-state index contributed by atoms with van der Waals surface area (Å²) in [5.41, 5.74) is 4.28. The maximum absolute atomic E-state index is 5.80. The first-order chi connectivity index (χ1) is 7.36. The van der Waals surface area contributed by atoms with Gasteiger partial charge in [0.25, 0.3) is 0 Å². The zero-order valence-electron chi connectivity index (χ0n) is 9.07. The Morgan fingerprint density at radius 1 is 1.27 bits per heavy atom. The molecular formula is C14H16O. The molecule has 0 amide bonds. The number of hydrogen-bond acceptors (Lipinski definition) is 1. The molecule has 0 radical (unpaired) electrons. The Morgan fingerprint density at radius 3 is 2.93 bits per heavy atom. The van der Waals surface area contributed by atoms with Crippen molar-refractivity contribution in [2.24, 2.45) is 0 Å². The van der Waals surface area contributed by atoms with Crippen molar-refractivity contribution in [3.8, 4) is 0 Å². The molecule has 2 atom stereocenters. The molecule has 0 spiro atoms. The molecule has 78 valence electrons. The zero-order chi connectivity index (χ0) is 10.3. The zero-order valence-corrected chi connectivity index (χ0v) is 9.07. The SMILES string of the molecule is CC1=CC(C2CCCO2)c2ccccc21. The van der Waals surface area contributed by atoms with E-state index in [0.29, 0.717) is 12.0 Å². The predicted molar refractivity (Wildman–Crippen MR) is 61.8 cm³/mol. The number of rotatable bonds is 1. The molecule has 1 aromatic carbocycles. The fourth-order valence-electron chi connectivity index (χ4n) is 2.79. The van der Waals surface area contributed by atoms with E-state index in [-0.39, 0.29) is 0 Å². The standard InChI is InChI=1S/C14H16O/c1-10-9-13(14-7-4-8-15-14)12-6-3-2-5-11(10)12/h2-3,5-6,9,13-14H,4,7-8H2,1H3. The summed E-state index contributed by atoms with van der Waals surface area (Å²) in [7, 11) is 0. The van der Waals surface area contributed by atoms with Crippen molar-refractivity contribution in [3.63, 3.8) is 0 Å². The van der Waals surface area contributed by atoms with Gasteiger partial charge in [-0.15, -0.1) is 0 Å². The molecule has 0 bridgehead atoms. The van der Waals surface area contributed by atoms with Gasteiger partial charge < -0.3 is 4.74 Å². The molecule has 1 fully saturated rings. The maximum Gasteiger partial charge on any atom is 0.0679 e. The van der Waals surface area contributed by atoms with Crippen molar-refractivity contribution in [1.82, 2.24) is 0 Å². The first-order valence-corrected chi connectivity index (χ1v) is 5.75. The first kappa shape index (κ1) is 9.17. The van der Waals surface area contributed by atoms with Crippen LogP contribution < -0.4 is 0 Å². The average molecular weight is 200 g/mol. The van der Waals surface area contributed by atoms with Gasteiger partial charge in [-0.2, -0.15) is 0 Å². The molecule has 0 aromatic heterocycles. The lowest BCUT2D eigenvalue weighted by atomic mass is 9.94. The Morgan fingerprint density at radius 2 is 2.13 bits per heavy atom. The van der Waals surface area contributed by atoms with Crippen molar-refractivity contribution in [2.45, 2.75) is 31.8 Å². The molecule has 1 heterocycles. The molecule has 0 N–H and O–H groups in total. The van der Waals surface area contributed by atoms with Crippen LogP contribution in [0.4, 0.5) is 0 Å². The highest BCUT2D eigenvalue weighted by Gasteiger charge is 2.30. The second-order valence-electron chi connectivity index (χ2n) is 4.51. The quantitative estimate of drug-likeness (QED) is 0.675. The molecule has 1 aliphatic carbocycles. The van der Waals surface area contributed by atoms with E-state index in [9.17, 15) is 0 Å².